The van der Waals surface area contributed by atoms with Crippen LogP contribution >= 0.6 is 0 Å². The van der Waals surface area contributed by atoms with Crippen LogP contribution in [0, 0.1) is 5.92 Å². The highest BCUT2D eigenvalue weighted by molar-refractivity contribution is 5.78. The summed E-state index contributed by atoms with van der Waals surface area (Å²) in [7, 11) is 3.63. The normalized spacial score (nSPS) is 16.3. The Morgan fingerprint density at radius 1 is 1.26 bits per heavy atom. The number of carbonyl (C=O) groups is 1. The minimum absolute atomic E-state index is 0.212. The third-order valence-electron chi connectivity index (χ3n) is 4.73. The van der Waals surface area contributed by atoms with Crippen molar-refractivity contribution in [1.82, 2.24) is 9.80 Å². The van der Waals surface area contributed by atoms with Gasteiger partial charge in [0.25, 0.3) is 0 Å². The molecule has 1 aromatic carbocycles. The summed E-state index contributed by atoms with van der Waals surface area (Å²) in [5.41, 5.74) is 1.30. The lowest BCUT2D eigenvalue weighted by molar-refractivity contribution is -0.135. The van der Waals surface area contributed by atoms with Gasteiger partial charge in [0.2, 0.25) is 5.91 Å². The van der Waals surface area contributed by atoms with Crippen molar-refractivity contribution in [2.24, 2.45) is 5.92 Å². The number of hydrogen-bond donors (Lipinski definition) is 0. The second-order valence-corrected chi connectivity index (χ2v) is 6.51. The largest absolute Gasteiger partial charge is 0.497 e. The van der Waals surface area contributed by atoms with Gasteiger partial charge in [0.05, 0.1) is 7.11 Å². The molecule has 1 aromatic rings. The molecule has 0 aliphatic carbocycles. The van der Waals surface area contributed by atoms with E-state index in [1.807, 2.05) is 24.1 Å². The van der Waals surface area contributed by atoms with Gasteiger partial charge in [0, 0.05) is 26.1 Å². The molecular formula is C19H30N2O2. The molecule has 0 spiro atoms. The topological polar surface area (TPSA) is 32.8 Å². The fourth-order valence-electron chi connectivity index (χ4n) is 3.14. The van der Waals surface area contributed by atoms with Crippen molar-refractivity contribution < 1.29 is 9.53 Å². The molecule has 0 saturated carbocycles. The Hall–Kier alpha value is -1.55. The summed E-state index contributed by atoms with van der Waals surface area (Å²) in [5, 5.41) is 0. The summed E-state index contributed by atoms with van der Waals surface area (Å²) in [6.45, 7) is 6.02. The molecule has 1 saturated heterocycles. The Bertz CT molecular complexity index is 479. The van der Waals surface area contributed by atoms with E-state index in [0.717, 1.165) is 57.6 Å². The molecule has 2 rings (SSSR count). The molecule has 128 valence electrons. The monoisotopic (exact) mass is 318 g/mol. The first-order chi connectivity index (χ1) is 11.1. The Labute approximate surface area is 140 Å². The van der Waals surface area contributed by atoms with E-state index >= 15 is 0 Å². The van der Waals surface area contributed by atoms with Crippen LogP contribution in [0.5, 0.6) is 5.75 Å². The molecule has 1 fully saturated rings. The van der Waals surface area contributed by atoms with Crippen molar-refractivity contribution >= 4 is 5.91 Å². The van der Waals surface area contributed by atoms with Crippen LogP contribution in [-0.2, 0) is 11.3 Å². The first kappa shape index (κ1) is 17.8. The highest BCUT2D eigenvalue weighted by atomic mass is 16.5. The van der Waals surface area contributed by atoms with E-state index in [2.05, 4.69) is 24.0 Å². The third kappa shape index (κ3) is 5.24. The molecule has 0 unspecified atom stereocenters. The number of likely N-dealkylation sites (tertiary alicyclic amines) is 1. The summed E-state index contributed by atoms with van der Waals surface area (Å²) in [6, 6.07) is 8.26. The number of unbranched alkanes of at least 4 members (excludes halogenated alkanes) is 1. The zero-order chi connectivity index (χ0) is 16.7. The van der Waals surface area contributed by atoms with Gasteiger partial charge >= 0.3 is 0 Å². The summed E-state index contributed by atoms with van der Waals surface area (Å²) >= 11 is 0. The number of rotatable bonds is 7. The number of methoxy groups -OCH3 is 1. The molecule has 0 atom stereocenters. The summed E-state index contributed by atoms with van der Waals surface area (Å²) in [5.74, 6) is 1.44. The molecular weight excluding hydrogens is 288 g/mol. The average molecular weight is 318 g/mol. The Kier molecular flexibility index (Phi) is 6.90. The molecule has 23 heavy (non-hydrogen) atoms. The number of nitrogens with zero attached hydrogens (tertiary/aromatic N) is 2. The number of carbonyl (C=O) groups excluding carboxylic acids is 1. The van der Waals surface area contributed by atoms with Gasteiger partial charge in [-0.2, -0.15) is 0 Å². The van der Waals surface area contributed by atoms with E-state index in [1.165, 1.54) is 5.56 Å². The van der Waals surface area contributed by atoms with Crippen molar-refractivity contribution in [3.63, 3.8) is 0 Å². The van der Waals surface area contributed by atoms with Crippen LogP contribution in [0.2, 0.25) is 0 Å². The van der Waals surface area contributed by atoms with Gasteiger partial charge in [-0.3, -0.25) is 9.69 Å². The zero-order valence-electron chi connectivity index (χ0n) is 14.8. The highest BCUT2D eigenvalue weighted by Gasteiger charge is 2.26. The van der Waals surface area contributed by atoms with E-state index < -0.39 is 0 Å². The number of amides is 1. The lowest BCUT2D eigenvalue weighted by Crippen LogP contribution is -2.41. The fourth-order valence-corrected chi connectivity index (χ4v) is 3.14. The third-order valence-corrected chi connectivity index (χ3v) is 4.73. The molecule has 0 N–H and O–H groups in total. The standard InChI is InChI=1S/C19H30N2O2/c1-4-5-12-20(2)19(22)17-10-13-21(14-11-17)15-16-6-8-18(23-3)9-7-16/h6-9,17H,4-5,10-15H2,1-3H3. The Balaban J connectivity index is 1.77. The first-order valence-electron chi connectivity index (χ1n) is 8.74. The predicted molar refractivity (Wildman–Crippen MR) is 93.5 cm³/mol. The highest BCUT2D eigenvalue weighted by Crippen LogP contribution is 2.21. The number of benzene rings is 1. The van der Waals surface area contributed by atoms with Gasteiger partial charge in [0.15, 0.2) is 0 Å². The second kappa shape index (κ2) is 8.92. The summed E-state index contributed by atoms with van der Waals surface area (Å²) < 4.78 is 5.19. The van der Waals surface area contributed by atoms with Crippen molar-refractivity contribution in [3.05, 3.63) is 29.8 Å². The Morgan fingerprint density at radius 2 is 1.91 bits per heavy atom. The lowest BCUT2D eigenvalue weighted by Gasteiger charge is -2.33. The molecule has 1 amide bonds. The molecule has 1 aliphatic heterocycles. The smallest absolute Gasteiger partial charge is 0.225 e. The minimum Gasteiger partial charge on any atom is -0.497 e. The molecule has 0 radical (unpaired) electrons. The van der Waals surface area contributed by atoms with Gasteiger partial charge < -0.3 is 9.64 Å². The zero-order valence-corrected chi connectivity index (χ0v) is 14.8. The van der Waals surface area contributed by atoms with Crippen molar-refractivity contribution in [2.45, 2.75) is 39.2 Å². The molecule has 4 nitrogen and oxygen atoms in total. The molecule has 1 heterocycles. The van der Waals surface area contributed by atoms with Crippen LogP contribution < -0.4 is 4.74 Å². The maximum atomic E-state index is 12.4. The molecule has 0 bridgehead atoms. The summed E-state index contributed by atoms with van der Waals surface area (Å²) in [6.07, 6.45) is 4.19. The lowest BCUT2D eigenvalue weighted by atomic mass is 9.95. The van der Waals surface area contributed by atoms with Gasteiger partial charge in [-0.1, -0.05) is 25.5 Å². The van der Waals surface area contributed by atoms with Gasteiger partial charge in [-0.15, -0.1) is 0 Å². The van der Waals surface area contributed by atoms with Crippen molar-refractivity contribution in [2.75, 3.05) is 33.8 Å². The first-order valence-corrected chi connectivity index (χ1v) is 8.74. The van der Waals surface area contributed by atoms with E-state index in [4.69, 9.17) is 4.74 Å². The van der Waals surface area contributed by atoms with Gasteiger partial charge in [-0.05, 0) is 50.0 Å². The second-order valence-electron chi connectivity index (χ2n) is 6.51. The van der Waals surface area contributed by atoms with Gasteiger partial charge in [0.1, 0.15) is 5.75 Å². The molecule has 1 aliphatic rings. The minimum atomic E-state index is 0.212. The SMILES string of the molecule is CCCCN(C)C(=O)C1CCN(Cc2ccc(OC)cc2)CC1. The fraction of sp³-hybridized carbons (Fsp3) is 0.632. The Morgan fingerprint density at radius 3 is 2.48 bits per heavy atom. The quantitative estimate of drug-likeness (QED) is 0.774. The number of ether oxygens (including phenoxy) is 1. The van der Waals surface area contributed by atoms with Crippen molar-refractivity contribution in [1.29, 1.82) is 0 Å². The van der Waals surface area contributed by atoms with E-state index in [1.54, 1.807) is 7.11 Å². The predicted octanol–water partition coefficient (Wildman–Crippen LogP) is 3.17. The van der Waals surface area contributed by atoms with E-state index in [9.17, 15) is 4.79 Å². The molecule has 4 heteroatoms. The van der Waals surface area contributed by atoms with Crippen LogP contribution in [0.4, 0.5) is 0 Å². The van der Waals surface area contributed by atoms with Crippen LogP contribution in [-0.4, -0.2) is 49.5 Å². The number of piperidine rings is 1. The van der Waals surface area contributed by atoms with E-state index in [-0.39, 0.29) is 5.92 Å². The van der Waals surface area contributed by atoms with Crippen LogP contribution in [0.25, 0.3) is 0 Å². The maximum absolute atomic E-state index is 12.4. The average Bonchev–Trinajstić information content (AvgIpc) is 2.60. The number of hydrogen-bond acceptors (Lipinski definition) is 3. The van der Waals surface area contributed by atoms with Crippen molar-refractivity contribution in [3.8, 4) is 5.75 Å². The van der Waals surface area contributed by atoms with Crippen LogP contribution in [0.15, 0.2) is 24.3 Å². The van der Waals surface area contributed by atoms with Crippen LogP contribution in [0.3, 0.4) is 0 Å². The van der Waals surface area contributed by atoms with Gasteiger partial charge in [-0.25, -0.2) is 0 Å². The molecule has 0 aromatic heterocycles. The maximum Gasteiger partial charge on any atom is 0.225 e. The van der Waals surface area contributed by atoms with E-state index in [0.29, 0.717) is 5.91 Å². The van der Waals surface area contributed by atoms with Crippen LogP contribution in [0.1, 0.15) is 38.2 Å². The summed E-state index contributed by atoms with van der Waals surface area (Å²) in [4.78, 5) is 16.8.